The molecule has 0 saturated heterocycles. The molecule has 0 aliphatic rings. The Labute approximate surface area is 62.2 Å². The molecular formula is C10H10. The third kappa shape index (κ3) is 2.06. The van der Waals surface area contributed by atoms with Crippen molar-refractivity contribution in [2.24, 2.45) is 0 Å². The van der Waals surface area contributed by atoms with Crippen molar-refractivity contribution in [3.8, 4) is 0 Å². The van der Waals surface area contributed by atoms with Gasteiger partial charge in [0.25, 0.3) is 0 Å². The van der Waals surface area contributed by atoms with E-state index in [-0.39, 0.29) is 0 Å². The third-order valence-corrected chi connectivity index (χ3v) is 1.33. The summed E-state index contributed by atoms with van der Waals surface area (Å²) < 4.78 is 0. The highest BCUT2D eigenvalue weighted by Crippen LogP contribution is 1.99. The topological polar surface area (TPSA) is 0 Å². The summed E-state index contributed by atoms with van der Waals surface area (Å²) >= 11 is 0. The van der Waals surface area contributed by atoms with E-state index in [1.54, 1.807) is 6.08 Å². The predicted molar refractivity (Wildman–Crippen MR) is 43.6 cm³/mol. The van der Waals surface area contributed by atoms with E-state index < -0.39 is 0 Å². The predicted octanol–water partition coefficient (Wildman–Crippen LogP) is 2.50. The van der Waals surface area contributed by atoms with Gasteiger partial charge in [0.2, 0.25) is 0 Å². The van der Waals surface area contributed by atoms with Gasteiger partial charge < -0.3 is 0 Å². The number of hydrogen-bond donors (Lipinski definition) is 0. The normalized spacial score (nSPS) is 10.5. The van der Waals surface area contributed by atoms with Crippen LogP contribution in [0.15, 0.2) is 42.5 Å². The van der Waals surface area contributed by atoms with Gasteiger partial charge in [-0.15, -0.1) is 0 Å². The highest BCUT2D eigenvalue weighted by atomic mass is 13.9. The molecule has 0 nitrogen and oxygen atoms in total. The van der Waals surface area contributed by atoms with Gasteiger partial charge in [-0.3, -0.25) is 0 Å². The number of rotatable bonds is 2. The minimum atomic E-state index is 0.928. The molecule has 1 aromatic carbocycles. The van der Waals surface area contributed by atoms with Gasteiger partial charge in [-0.1, -0.05) is 42.5 Å². The monoisotopic (exact) mass is 130 g/mol. The van der Waals surface area contributed by atoms with Crippen molar-refractivity contribution in [2.45, 2.75) is 6.42 Å². The zero-order valence-electron chi connectivity index (χ0n) is 5.83. The van der Waals surface area contributed by atoms with Gasteiger partial charge in [0.05, 0.1) is 0 Å². The largest absolute Gasteiger partial charge is 0.0839 e. The molecule has 0 spiro atoms. The van der Waals surface area contributed by atoms with Crippen molar-refractivity contribution in [3.05, 3.63) is 55.0 Å². The molecule has 0 bridgehead atoms. The Morgan fingerprint density at radius 1 is 1.20 bits per heavy atom. The first-order valence-corrected chi connectivity index (χ1v) is 3.34. The maximum Gasteiger partial charge on any atom is -0.00957 e. The second-order valence-electron chi connectivity index (χ2n) is 2.12. The molecule has 0 aromatic heterocycles. The van der Waals surface area contributed by atoms with Gasteiger partial charge >= 0.3 is 0 Å². The second kappa shape index (κ2) is 3.89. The van der Waals surface area contributed by atoms with Crippen LogP contribution < -0.4 is 0 Å². The van der Waals surface area contributed by atoms with Crippen LogP contribution >= 0.6 is 0 Å². The molecule has 1 aromatic rings. The molecule has 0 unspecified atom stereocenters. The van der Waals surface area contributed by atoms with Crippen LogP contribution in [0.2, 0.25) is 0 Å². The Morgan fingerprint density at radius 2 is 1.90 bits per heavy atom. The van der Waals surface area contributed by atoms with Crippen LogP contribution in [0.25, 0.3) is 0 Å². The van der Waals surface area contributed by atoms with Crippen molar-refractivity contribution in [1.29, 1.82) is 0 Å². The number of hydrogen-bond acceptors (Lipinski definition) is 0. The molecule has 0 aliphatic carbocycles. The molecule has 0 aliphatic heterocycles. The molecule has 50 valence electrons. The van der Waals surface area contributed by atoms with Crippen molar-refractivity contribution < 1.29 is 0 Å². The zero-order chi connectivity index (χ0) is 7.23. The maximum absolute atomic E-state index is 5.20. The Hall–Kier alpha value is -1.04. The van der Waals surface area contributed by atoms with Crippen molar-refractivity contribution in [1.82, 2.24) is 0 Å². The molecule has 0 amide bonds. The molecule has 0 atom stereocenters. The lowest BCUT2D eigenvalue weighted by molar-refractivity contribution is 1.27. The van der Waals surface area contributed by atoms with E-state index in [0.29, 0.717) is 0 Å². The summed E-state index contributed by atoms with van der Waals surface area (Å²) in [5, 5.41) is 0. The third-order valence-electron chi connectivity index (χ3n) is 1.33. The lowest BCUT2D eigenvalue weighted by Crippen LogP contribution is -1.76. The first-order chi connectivity index (χ1) is 4.93. The van der Waals surface area contributed by atoms with E-state index in [1.165, 1.54) is 5.56 Å². The lowest BCUT2D eigenvalue weighted by atomic mass is 10.1. The molecule has 0 heteroatoms. The van der Waals surface area contributed by atoms with E-state index >= 15 is 0 Å². The van der Waals surface area contributed by atoms with Gasteiger partial charge in [0.1, 0.15) is 0 Å². The van der Waals surface area contributed by atoms with Crippen LogP contribution in [0.5, 0.6) is 0 Å². The maximum atomic E-state index is 5.20. The summed E-state index contributed by atoms with van der Waals surface area (Å²) in [6.07, 6.45) is 4.44. The summed E-state index contributed by atoms with van der Waals surface area (Å²) in [5.41, 5.74) is 1.30. The van der Waals surface area contributed by atoms with Crippen molar-refractivity contribution in [2.75, 3.05) is 0 Å². The van der Waals surface area contributed by atoms with Gasteiger partial charge in [-0.25, -0.2) is 0 Å². The summed E-state index contributed by atoms with van der Waals surface area (Å²) in [6.45, 7) is 5.20. The first kappa shape index (κ1) is 7.07. The average molecular weight is 130 g/mol. The molecule has 10 heavy (non-hydrogen) atoms. The van der Waals surface area contributed by atoms with Crippen LogP contribution in [-0.4, -0.2) is 0 Å². The van der Waals surface area contributed by atoms with Crippen LogP contribution in [0.1, 0.15) is 5.56 Å². The van der Waals surface area contributed by atoms with Gasteiger partial charge in [0, 0.05) is 0 Å². The van der Waals surface area contributed by atoms with Crippen LogP contribution in [0, 0.1) is 6.92 Å². The Kier molecular flexibility index (Phi) is 2.75. The van der Waals surface area contributed by atoms with E-state index in [0.717, 1.165) is 6.42 Å². The summed E-state index contributed by atoms with van der Waals surface area (Å²) in [4.78, 5) is 0. The molecule has 2 radical (unpaired) electrons. The molecule has 1 rings (SSSR count). The average Bonchev–Trinajstić information content (AvgIpc) is 2.03. The summed E-state index contributed by atoms with van der Waals surface area (Å²) in [7, 11) is 0. The highest BCUT2D eigenvalue weighted by Gasteiger charge is 1.83. The fourth-order valence-electron chi connectivity index (χ4n) is 0.818. The van der Waals surface area contributed by atoms with Crippen LogP contribution in [0.3, 0.4) is 0 Å². The summed E-state index contributed by atoms with van der Waals surface area (Å²) in [5.74, 6) is 0. The molecular weight excluding hydrogens is 120 g/mol. The van der Waals surface area contributed by atoms with Crippen molar-refractivity contribution in [3.63, 3.8) is 0 Å². The Balaban J connectivity index is 2.59. The zero-order valence-corrected chi connectivity index (χ0v) is 5.83. The fourth-order valence-corrected chi connectivity index (χ4v) is 0.818. The van der Waals surface area contributed by atoms with Gasteiger partial charge in [-0.05, 0) is 18.9 Å². The van der Waals surface area contributed by atoms with Crippen molar-refractivity contribution >= 4 is 0 Å². The van der Waals surface area contributed by atoms with E-state index in [1.807, 2.05) is 24.3 Å². The van der Waals surface area contributed by atoms with Gasteiger partial charge in [0.15, 0.2) is 0 Å². The molecule has 0 saturated carbocycles. The number of benzene rings is 1. The minimum Gasteiger partial charge on any atom is -0.0839 e. The molecule has 0 fully saturated rings. The molecule has 0 N–H and O–H groups in total. The second-order valence-corrected chi connectivity index (χ2v) is 2.12. The standard InChI is InChI=1S/C10H10/c1-2-3-7-10-8-5-4-6-9-10/h1-6,8-9H,7H2. The quantitative estimate of drug-likeness (QED) is 0.577. The highest BCUT2D eigenvalue weighted by molar-refractivity contribution is 5.17. The summed E-state index contributed by atoms with van der Waals surface area (Å²) in [6, 6.07) is 10.2. The van der Waals surface area contributed by atoms with Crippen LogP contribution in [0.4, 0.5) is 0 Å². The van der Waals surface area contributed by atoms with E-state index in [9.17, 15) is 0 Å². The minimum absolute atomic E-state index is 0.928. The van der Waals surface area contributed by atoms with E-state index in [2.05, 4.69) is 12.1 Å². The lowest BCUT2D eigenvalue weighted by Gasteiger charge is -1.91. The Morgan fingerprint density at radius 3 is 2.50 bits per heavy atom. The first-order valence-electron chi connectivity index (χ1n) is 3.34. The number of allylic oxidation sites excluding steroid dienone is 2. The smallest absolute Gasteiger partial charge is 0.00957 e. The SMILES string of the molecule is [CH]C=CCc1ccccc1. The molecule has 0 heterocycles. The fraction of sp³-hybridized carbons (Fsp3) is 0.100. The van der Waals surface area contributed by atoms with E-state index in [4.69, 9.17) is 6.92 Å². The van der Waals surface area contributed by atoms with Crippen LogP contribution in [-0.2, 0) is 6.42 Å². The van der Waals surface area contributed by atoms with Gasteiger partial charge in [-0.2, -0.15) is 0 Å². The Bertz CT molecular complexity index is 197.